The second-order valence-electron chi connectivity index (χ2n) is 5.95. The van der Waals surface area contributed by atoms with Gasteiger partial charge in [-0.2, -0.15) is 4.63 Å². The van der Waals surface area contributed by atoms with Gasteiger partial charge in [0.25, 0.3) is 0 Å². The third-order valence-electron chi connectivity index (χ3n) is 4.65. The van der Waals surface area contributed by atoms with Crippen molar-refractivity contribution in [1.29, 1.82) is 0 Å². The first-order valence-electron chi connectivity index (χ1n) is 7.62. The predicted molar refractivity (Wildman–Crippen MR) is 88.7 cm³/mol. The standard InChI is InChI=1S/C16H16ClN5O/c1-2-16(6-7-16)13-12(17)15-19-14(21-22(15)20-13)10-4-3-5-11(8-10)18-9-23/h3-5,8-9,20H,2,6-7H2,1H3,(H,18,23). The van der Waals surface area contributed by atoms with E-state index in [2.05, 4.69) is 27.4 Å². The Balaban J connectivity index is 1.76. The van der Waals surface area contributed by atoms with Crippen LogP contribution in [0.15, 0.2) is 24.3 Å². The van der Waals surface area contributed by atoms with E-state index in [9.17, 15) is 4.79 Å². The van der Waals surface area contributed by atoms with Crippen LogP contribution in [0.4, 0.5) is 5.69 Å². The Morgan fingerprint density at radius 3 is 2.96 bits per heavy atom. The number of nitrogens with zero attached hydrogens (tertiary/aromatic N) is 3. The summed E-state index contributed by atoms with van der Waals surface area (Å²) in [6, 6.07) is 7.38. The molecule has 1 aliphatic carbocycles. The first-order chi connectivity index (χ1) is 11.2. The highest BCUT2D eigenvalue weighted by atomic mass is 35.5. The minimum Gasteiger partial charge on any atom is -0.329 e. The van der Waals surface area contributed by atoms with E-state index in [1.165, 1.54) is 0 Å². The molecule has 1 aromatic carbocycles. The Morgan fingerprint density at radius 1 is 1.48 bits per heavy atom. The molecule has 1 fully saturated rings. The number of anilines is 1. The van der Waals surface area contributed by atoms with Crippen LogP contribution in [-0.2, 0) is 10.2 Å². The van der Waals surface area contributed by atoms with Gasteiger partial charge in [-0.05, 0) is 31.4 Å². The molecule has 1 saturated carbocycles. The maximum absolute atomic E-state index is 10.6. The van der Waals surface area contributed by atoms with Crippen molar-refractivity contribution in [2.75, 3.05) is 5.32 Å². The number of nitrogens with one attached hydrogen (secondary N) is 2. The lowest BCUT2D eigenvalue weighted by molar-refractivity contribution is -0.105. The summed E-state index contributed by atoms with van der Waals surface area (Å²) in [5.74, 6) is 0.570. The van der Waals surface area contributed by atoms with E-state index in [0.717, 1.165) is 30.5 Å². The monoisotopic (exact) mass is 329 g/mol. The topological polar surface area (TPSA) is 75.1 Å². The smallest absolute Gasteiger partial charge is 0.211 e. The van der Waals surface area contributed by atoms with Gasteiger partial charge >= 0.3 is 0 Å². The number of carbonyl (C=O) groups excluding carboxylic acids is 1. The van der Waals surface area contributed by atoms with Gasteiger partial charge in [0.15, 0.2) is 11.5 Å². The van der Waals surface area contributed by atoms with Gasteiger partial charge in [-0.1, -0.05) is 30.7 Å². The lowest BCUT2D eigenvalue weighted by Gasteiger charge is -2.09. The molecular formula is C16H16ClN5O. The van der Waals surface area contributed by atoms with E-state index >= 15 is 0 Å². The average molecular weight is 330 g/mol. The van der Waals surface area contributed by atoms with E-state index in [0.29, 0.717) is 28.6 Å². The van der Waals surface area contributed by atoms with Crippen molar-refractivity contribution in [3.8, 4) is 11.4 Å². The maximum Gasteiger partial charge on any atom is 0.211 e. The second kappa shape index (κ2) is 5.09. The number of aromatic nitrogens is 4. The van der Waals surface area contributed by atoms with Crippen LogP contribution in [0.1, 0.15) is 31.9 Å². The third kappa shape index (κ3) is 2.21. The molecule has 23 heavy (non-hydrogen) atoms. The zero-order chi connectivity index (χ0) is 16.0. The minimum absolute atomic E-state index is 0.174. The fourth-order valence-electron chi connectivity index (χ4n) is 3.02. The van der Waals surface area contributed by atoms with E-state index < -0.39 is 0 Å². The molecule has 7 heteroatoms. The summed E-state index contributed by atoms with van der Waals surface area (Å²) in [4.78, 5) is 15.1. The fraction of sp³-hybridized carbons (Fsp3) is 0.312. The van der Waals surface area contributed by atoms with E-state index in [-0.39, 0.29) is 5.41 Å². The summed E-state index contributed by atoms with van der Waals surface area (Å²) < 4.78 is 1.64. The van der Waals surface area contributed by atoms with Crippen LogP contribution in [0.5, 0.6) is 0 Å². The molecule has 0 atom stereocenters. The van der Waals surface area contributed by atoms with Crippen molar-refractivity contribution in [1.82, 2.24) is 19.8 Å². The Hall–Kier alpha value is -2.34. The quantitative estimate of drug-likeness (QED) is 0.704. The van der Waals surface area contributed by atoms with Gasteiger partial charge < -0.3 is 5.32 Å². The highest BCUT2D eigenvalue weighted by Gasteiger charge is 2.46. The number of rotatable bonds is 5. The number of fused-ring (bicyclic) bond motifs is 1. The molecule has 3 aromatic rings. The lowest BCUT2D eigenvalue weighted by atomic mass is 10.00. The SMILES string of the molecule is CCC1(c2[nH]n3nc(-c4cccc(NC=O)c4)nc3c2Cl)CC1. The van der Waals surface area contributed by atoms with Crippen LogP contribution < -0.4 is 5.32 Å². The molecule has 0 saturated heterocycles. The van der Waals surface area contributed by atoms with Gasteiger partial charge in [0.1, 0.15) is 5.02 Å². The highest BCUT2D eigenvalue weighted by Crippen LogP contribution is 2.52. The first-order valence-corrected chi connectivity index (χ1v) is 8.00. The van der Waals surface area contributed by atoms with Gasteiger partial charge in [-0.3, -0.25) is 9.89 Å². The second-order valence-corrected chi connectivity index (χ2v) is 6.33. The normalized spacial score (nSPS) is 15.7. The van der Waals surface area contributed by atoms with Crippen LogP contribution in [0.25, 0.3) is 17.0 Å². The molecule has 2 N–H and O–H groups in total. The fourth-order valence-corrected chi connectivity index (χ4v) is 3.38. The predicted octanol–water partition coefficient (Wildman–Crippen LogP) is 3.39. The Morgan fingerprint density at radius 2 is 2.30 bits per heavy atom. The molecule has 0 aliphatic heterocycles. The van der Waals surface area contributed by atoms with Gasteiger partial charge in [-0.25, -0.2) is 4.98 Å². The number of aromatic amines is 1. The maximum atomic E-state index is 10.6. The largest absolute Gasteiger partial charge is 0.329 e. The summed E-state index contributed by atoms with van der Waals surface area (Å²) >= 11 is 6.53. The van der Waals surface area contributed by atoms with Crippen molar-refractivity contribution in [3.05, 3.63) is 35.0 Å². The Kier molecular flexibility index (Phi) is 3.16. The molecule has 0 bridgehead atoms. The molecule has 4 rings (SSSR count). The highest BCUT2D eigenvalue weighted by molar-refractivity contribution is 6.34. The molecule has 2 heterocycles. The number of amides is 1. The molecule has 2 aromatic heterocycles. The summed E-state index contributed by atoms with van der Waals surface area (Å²) in [6.45, 7) is 2.18. The first kappa shape index (κ1) is 14.3. The van der Waals surface area contributed by atoms with E-state index in [1.54, 1.807) is 4.63 Å². The number of halogens is 1. The summed E-state index contributed by atoms with van der Waals surface area (Å²) in [5, 5.41) is 11.1. The number of benzene rings is 1. The molecule has 118 valence electrons. The number of H-pyrrole nitrogens is 1. The van der Waals surface area contributed by atoms with Crippen molar-refractivity contribution in [2.45, 2.75) is 31.6 Å². The van der Waals surface area contributed by atoms with Crippen LogP contribution >= 0.6 is 11.6 Å². The molecule has 0 unspecified atom stereocenters. The molecule has 1 amide bonds. The Bertz CT molecular complexity index is 893. The minimum atomic E-state index is 0.174. The van der Waals surface area contributed by atoms with Gasteiger partial charge in [0, 0.05) is 16.7 Å². The molecule has 0 spiro atoms. The van der Waals surface area contributed by atoms with Crippen LogP contribution in [-0.4, -0.2) is 26.2 Å². The number of carbonyl (C=O) groups is 1. The van der Waals surface area contributed by atoms with E-state index in [1.807, 2.05) is 24.3 Å². The number of hydrogen-bond donors (Lipinski definition) is 2. The van der Waals surface area contributed by atoms with Crippen molar-refractivity contribution in [2.24, 2.45) is 0 Å². The van der Waals surface area contributed by atoms with E-state index in [4.69, 9.17) is 11.6 Å². The zero-order valence-electron chi connectivity index (χ0n) is 12.6. The number of hydrogen-bond acceptors (Lipinski definition) is 3. The van der Waals surface area contributed by atoms with Gasteiger partial charge in [-0.15, -0.1) is 5.10 Å². The van der Waals surface area contributed by atoms with Gasteiger partial charge in [0.2, 0.25) is 6.41 Å². The lowest BCUT2D eigenvalue weighted by Crippen LogP contribution is -2.06. The van der Waals surface area contributed by atoms with Crippen molar-refractivity contribution < 1.29 is 4.79 Å². The zero-order valence-corrected chi connectivity index (χ0v) is 13.4. The van der Waals surface area contributed by atoms with Crippen molar-refractivity contribution >= 4 is 29.3 Å². The Labute approximate surface area is 137 Å². The van der Waals surface area contributed by atoms with Crippen LogP contribution in [0, 0.1) is 0 Å². The summed E-state index contributed by atoms with van der Waals surface area (Å²) in [6.07, 6.45) is 4.01. The van der Waals surface area contributed by atoms with Gasteiger partial charge in [0.05, 0.1) is 5.69 Å². The summed E-state index contributed by atoms with van der Waals surface area (Å²) in [5.41, 5.74) is 3.38. The van der Waals surface area contributed by atoms with Crippen LogP contribution in [0.3, 0.4) is 0 Å². The average Bonchev–Trinajstić information content (AvgIpc) is 3.14. The summed E-state index contributed by atoms with van der Waals surface area (Å²) in [7, 11) is 0. The molecular weight excluding hydrogens is 314 g/mol. The molecule has 1 aliphatic rings. The molecule has 6 nitrogen and oxygen atoms in total. The molecule has 0 radical (unpaired) electrons. The third-order valence-corrected chi connectivity index (χ3v) is 5.01. The van der Waals surface area contributed by atoms with Crippen molar-refractivity contribution in [3.63, 3.8) is 0 Å². The van der Waals surface area contributed by atoms with Crippen LogP contribution in [0.2, 0.25) is 5.02 Å².